The van der Waals surface area contributed by atoms with Crippen molar-refractivity contribution < 1.29 is 4.39 Å². The van der Waals surface area contributed by atoms with E-state index in [4.69, 9.17) is 0 Å². The smallest absolute Gasteiger partial charge is 0.128 e. The molecule has 1 aromatic rings. The first-order chi connectivity index (χ1) is 8.99. The zero-order valence-corrected chi connectivity index (χ0v) is 12.5. The van der Waals surface area contributed by atoms with Crippen LogP contribution in [0.15, 0.2) is 18.2 Å². The van der Waals surface area contributed by atoms with Crippen LogP contribution in [0.1, 0.15) is 39.2 Å². The molecule has 106 valence electrons. The number of halogens is 1. The number of hydrogen-bond donors (Lipinski definition) is 1. The molecule has 2 unspecified atom stereocenters. The molecule has 3 heteroatoms. The highest BCUT2D eigenvalue weighted by atomic mass is 19.1. The molecule has 0 aromatic heterocycles. The number of piperazine rings is 1. The predicted molar refractivity (Wildman–Crippen MR) is 79.3 cm³/mol. The molecule has 2 atom stereocenters. The van der Waals surface area contributed by atoms with Crippen LogP contribution in [0, 0.1) is 12.7 Å². The monoisotopic (exact) mass is 264 g/mol. The summed E-state index contributed by atoms with van der Waals surface area (Å²) in [6.45, 7) is 10.4. The largest absolute Gasteiger partial charge is 0.365 e. The third-order valence-corrected chi connectivity index (χ3v) is 4.46. The van der Waals surface area contributed by atoms with Crippen molar-refractivity contribution in [3.05, 3.63) is 29.6 Å². The van der Waals surface area contributed by atoms with Crippen LogP contribution in [-0.2, 0) is 0 Å². The molecule has 2 rings (SSSR count). The Morgan fingerprint density at radius 2 is 2.16 bits per heavy atom. The SMILES string of the molecule is CCC1CNC(C)(CC)CN1c1ccc(C)c(F)c1. The van der Waals surface area contributed by atoms with Crippen molar-refractivity contribution in [2.45, 2.75) is 52.1 Å². The first-order valence-electron chi connectivity index (χ1n) is 7.27. The van der Waals surface area contributed by atoms with E-state index in [-0.39, 0.29) is 11.4 Å². The predicted octanol–water partition coefficient (Wildman–Crippen LogP) is 3.49. The maximum Gasteiger partial charge on any atom is 0.128 e. The summed E-state index contributed by atoms with van der Waals surface area (Å²) in [5.74, 6) is -0.107. The van der Waals surface area contributed by atoms with Crippen LogP contribution in [0.25, 0.3) is 0 Å². The fourth-order valence-corrected chi connectivity index (χ4v) is 2.70. The summed E-state index contributed by atoms with van der Waals surface area (Å²) in [5, 5.41) is 3.64. The lowest BCUT2D eigenvalue weighted by molar-refractivity contribution is 0.276. The Balaban J connectivity index is 2.29. The van der Waals surface area contributed by atoms with E-state index in [1.165, 1.54) is 0 Å². The van der Waals surface area contributed by atoms with Gasteiger partial charge in [-0.3, -0.25) is 0 Å². The Labute approximate surface area is 116 Å². The van der Waals surface area contributed by atoms with Crippen molar-refractivity contribution in [1.82, 2.24) is 5.32 Å². The minimum atomic E-state index is -0.107. The van der Waals surface area contributed by atoms with Gasteiger partial charge in [-0.05, 0) is 44.4 Å². The second kappa shape index (κ2) is 5.49. The van der Waals surface area contributed by atoms with Crippen molar-refractivity contribution in [2.75, 3.05) is 18.0 Å². The normalized spacial score (nSPS) is 27.6. The quantitative estimate of drug-likeness (QED) is 0.899. The zero-order valence-electron chi connectivity index (χ0n) is 12.5. The molecule has 1 aliphatic rings. The summed E-state index contributed by atoms with van der Waals surface area (Å²) in [6, 6.07) is 6.05. The number of aryl methyl sites for hydroxylation is 1. The van der Waals surface area contributed by atoms with E-state index in [1.54, 1.807) is 6.07 Å². The van der Waals surface area contributed by atoms with E-state index in [0.29, 0.717) is 11.6 Å². The maximum atomic E-state index is 13.8. The number of hydrogen-bond acceptors (Lipinski definition) is 2. The molecule has 0 spiro atoms. The summed E-state index contributed by atoms with van der Waals surface area (Å²) in [7, 11) is 0. The molecule has 1 N–H and O–H groups in total. The summed E-state index contributed by atoms with van der Waals surface area (Å²) >= 11 is 0. The molecule has 0 radical (unpaired) electrons. The topological polar surface area (TPSA) is 15.3 Å². The second-order valence-electron chi connectivity index (χ2n) is 5.92. The van der Waals surface area contributed by atoms with Crippen LogP contribution in [0.4, 0.5) is 10.1 Å². The molecule has 2 nitrogen and oxygen atoms in total. The average molecular weight is 264 g/mol. The van der Waals surface area contributed by atoms with E-state index in [0.717, 1.165) is 31.6 Å². The summed E-state index contributed by atoms with van der Waals surface area (Å²) in [5.41, 5.74) is 1.84. The van der Waals surface area contributed by atoms with Gasteiger partial charge in [-0.1, -0.05) is 19.9 Å². The van der Waals surface area contributed by atoms with Crippen LogP contribution in [-0.4, -0.2) is 24.7 Å². The highest BCUT2D eigenvalue weighted by Crippen LogP contribution is 2.27. The van der Waals surface area contributed by atoms with Crippen molar-refractivity contribution in [3.8, 4) is 0 Å². The molecule has 1 aromatic carbocycles. The van der Waals surface area contributed by atoms with E-state index >= 15 is 0 Å². The van der Waals surface area contributed by atoms with Crippen LogP contribution >= 0.6 is 0 Å². The van der Waals surface area contributed by atoms with E-state index in [9.17, 15) is 4.39 Å². The second-order valence-corrected chi connectivity index (χ2v) is 5.92. The molecule has 1 saturated heterocycles. The van der Waals surface area contributed by atoms with Gasteiger partial charge in [0.05, 0.1) is 0 Å². The number of nitrogens with zero attached hydrogens (tertiary/aromatic N) is 1. The van der Waals surface area contributed by atoms with E-state index in [2.05, 4.69) is 31.0 Å². The summed E-state index contributed by atoms with van der Waals surface area (Å²) in [6.07, 6.45) is 2.15. The van der Waals surface area contributed by atoms with Gasteiger partial charge in [0, 0.05) is 30.4 Å². The van der Waals surface area contributed by atoms with E-state index < -0.39 is 0 Å². The van der Waals surface area contributed by atoms with E-state index in [1.807, 2.05) is 19.1 Å². The van der Waals surface area contributed by atoms with Crippen LogP contribution in [0.5, 0.6) is 0 Å². The highest BCUT2D eigenvalue weighted by molar-refractivity contribution is 5.50. The Morgan fingerprint density at radius 1 is 1.42 bits per heavy atom. The van der Waals surface area contributed by atoms with Crippen molar-refractivity contribution in [2.24, 2.45) is 0 Å². The van der Waals surface area contributed by atoms with Crippen molar-refractivity contribution in [3.63, 3.8) is 0 Å². The molecule has 0 amide bonds. The summed E-state index contributed by atoms with van der Waals surface area (Å²) in [4.78, 5) is 2.36. The molecule has 1 fully saturated rings. The summed E-state index contributed by atoms with van der Waals surface area (Å²) < 4.78 is 13.8. The number of rotatable bonds is 3. The lowest BCUT2D eigenvalue weighted by Crippen LogP contribution is -2.62. The minimum Gasteiger partial charge on any atom is -0.365 e. The molecule has 19 heavy (non-hydrogen) atoms. The molecule has 1 aliphatic heterocycles. The first kappa shape index (κ1) is 14.3. The molecular formula is C16H25FN2. The van der Waals surface area contributed by atoms with Crippen molar-refractivity contribution >= 4 is 5.69 Å². The lowest BCUT2D eigenvalue weighted by Gasteiger charge is -2.47. The molecule has 0 aliphatic carbocycles. The Kier molecular flexibility index (Phi) is 4.14. The van der Waals surface area contributed by atoms with Gasteiger partial charge in [0.25, 0.3) is 0 Å². The van der Waals surface area contributed by atoms with Gasteiger partial charge in [0.15, 0.2) is 0 Å². The number of nitrogens with one attached hydrogen (secondary N) is 1. The van der Waals surface area contributed by atoms with Gasteiger partial charge in [-0.2, -0.15) is 0 Å². The minimum absolute atomic E-state index is 0.107. The standard InChI is InChI=1S/C16H25FN2/c1-5-13-10-18-16(4,6-2)11-19(13)14-8-7-12(3)15(17)9-14/h7-9,13,18H,5-6,10-11H2,1-4H3. The fraction of sp³-hybridized carbons (Fsp3) is 0.625. The van der Waals surface area contributed by atoms with Gasteiger partial charge >= 0.3 is 0 Å². The van der Waals surface area contributed by atoms with Crippen molar-refractivity contribution in [1.29, 1.82) is 0 Å². The van der Waals surface area contributed by atoms with Crippen LogP contribution in [0.2, 0.25) is 0 Å². The third kappa shape index (κ3) is 2.92. The zero-order chi connectivity index (χ0) is 14.0. The van der Waals surface area contributed by atoms with Gasteiger partial charge in [0.2, 0.25) is 0 Å². The molecular weight excluding hydrogens is 239 g/mol. The average Bonchev–Trinajstić information content (AvgIpc) is 2.42. The Hall–Kier alpha value is -1.09. The van der Waals surface area contributed by atoms with Gasteiger partial charge < -0.3 is 10.2 Å². The number of benzene rings is 1. The molecule has 1 heterocycles. The number of anilines is 1. The fourth-order valence-electron chi connectivity index (χ4n) is 2.70. The van der Waals surface area contributed by atoms with Crippen LogP contribution < -0.4 is 10.2 Å². The highest BCUT2D eigenvalue weighted by Gasteiger charge is 2.33. The molecule has 0 saturated carbocycles. The van der Waals surface area contributed by atoms with Crippen LogP contribution in [0.3, 0.4) is 0 Å². The molecule has 0 bridgehead atoms. The first-order valence-corrected chi connectivity index (χ1v) is 7.27. The third-order valence-electron chi connectivity index (χ3n) is 4.46. The van der Waals surface area contributed by atoms with Gasteiger partial charge in [-0.25, -0.2) is 4.39 Å². The maximum absolute atomic E-state index is 13.8. The lowest BCUT2D eigenvalue weighted by atomic mass is 9.92. The van der Waals surface area contributed by atoms with Gasteiger partial charge in [-0.15, -0.1) is 0 Å². The Morgan fingerprint density at radius 3 is 2.74 bits per heavy atom. The van der Waals surface area contributed by atoms with Gasteiger partial charge in [0.1, 0.15) is 5.82 Å². The Bertz CT molecular complexity index is 446.